The number of halogens is 1. The standard InChI is InChI=1S/C18H20FN3O4/c1-11(23)21-15-8-7-12(9-17(15)26-2)22-18(25)20-10-16(24)13-5-3-4-6-14(13)19/h3-9,16,24H,10H2,1-2H3,(H,21,23)(H2,20,22,25). The Hall–Kier alpha value is -3.13. The minimum Gasteiger partial charge on any atom is -0.494 e. The van der Waals surface area contributed by atoms with Crippen LogP contribution in [-0.2, 0) is 4.79 Å². The molecule has 2 rings (SSSR count). The number of aliphatic hydroxyl groups excluding tert-OH is 1. The third-order valence-electron chi connectivity index (χ3n) is 3.49. The van der Waals surface area contributed by atoms with E-state index in [1.54, 1.807) is 18.2 Å². The zero-order valence-corrected chi connectivity index (χ0v) is 14.4. The number of hydrogen-bond donors (Lipinski definition) is 4. The maximum Gasteiger partial charge on any atom is 0.319 e. The lowest BCUT2D eigenvalue weighted by molar-refractivity contribution is -0.114. The van der Waals surface area contributed by atoms with Gasteiger partial charge in [-0.2, -0.15) is 0 Å². The topological polar surface area (TPSA) is 99.7 Å². The fraction of sp³-hybridized carbons (Fsp3) is 0.222. The van der Waals surface area contributed by atoms with Crippen LogP contribution in [0.4, 0.5) is 20.6 Å². The van der Waals surface area contributed by atoms with Crippen LogP contribution in [-0.4, -0.2) is 30.7 Å². The van der Waals surface area contributed by atoms with E-state index in [1.807, 2.05) is 0 Å². The number of anilines is 2. The number of carbonyl (C=O) groups is 2. The highest BCUT2D eigenvalue weighted by molar-refractivity contribution is 5.93. The second-order valence-electron chi connectivity index (χ2n) is 5.47. The predicted molar refractivity (Wildman–Crippen MR) is 95.7 cm³/mol. The Morgan fingerprint density at radius 2 is 1.92 bits per heavy atom. The number of nitrogens with one attached hydrogen (secondary N) is 3. The average Bonchev–Trinajstić information content (AvgIpc) is 2.61. The lowest BCUT2D eigenvalue weighted by atomic mass is 10.1. The van der Waals surface area contributed by atoms with E-state index in [1.165, 1.54) is 38.3 Å². The molecular weight excluding hydrogens is 341 g/mol. The third kappa shape index (κ3) is 5.18. The molecule has 0 bridgehead atoms. The van der Waals surface area contributed by atoms with E-state index < -0.39 is 18.0 Å². The zero-order chi connectivity index (χ0) is 19.1. The Kier molecular flexibility index (Phi) is 6.51. The van der Waals surface area contributed by atoms with Crippen molar-refractivity contribution in [3.8, 4) is 5.75 Å². The molecule has 0 fully saturated rings. The van der Waals surface area contributed by atoms with Crippen LogP contribution in [0.3, 0.4) is 0 Å². The summed E-state index contributed by atoms with van der Waals surface area (Å²) in [5.74, 6) is -0.409. The van der Waals surface area contributed by atoms with Gasteiger partial charge in [0.25, 0.3) is 0 Å². The molecule has 0 saturated heterocycles. The van der Waals surface area contributed by atoms with Crippen LogP contribution >= 0.6 is 0 Å². The molecule has 26 heavy (non-hydrogen) atoms. The van der Waals surface area contributed by atoms with Gasteiger partial charge in [-0.1, -0.05) is 18.2 Å². The first kappa shape index (κ1) is 19.2. The van der Waals surface area contributed by atoms with Crippen molar-refractivity contribution < 1.29 is 23.8 Å². The Bertz CT molecular complexity index is 798. The largest absolute Gasteiger partial charge is 0.494 e. The zero-order valence-electron chi connectivity index (χ0n) is 14.4. The van der Waals surface area contributed by atoms with Crippen LogP contribution in [0.15, 0.2) is 42.5 Å². The van der Waals surface area contributed by atoms with E-state index in [0.29, 0.717) is 17.1 Å². The normalized spacial score (nSPS) is 11.4. The van der Waals surface area contributed by atoms with Crippen molar-refractivity contribution in [2.24, 2.45) is 0 Å². The van der Waals surface area contributed by atoms with Gasteiger partial charge in [-0.3, -0.25) is 4.79 Å². The molecule has 0 aliphatic heterocycles. The molecule has 2 aromatic carbocycles. The summed E-state index contributed by atoms with van der Waals surface area (Å²) < 4.78 is 18.8. The molecule has 0 aromatic heterocycles. The van der Waals surface area contributed by atoms with E-state index in [0.717, 1.165) is 0 Å². The van der Waals surface area contributed by atoms with Gasteiger partial charge in [-0.05, 0) is 18.2 Å². The van der Waals surface area contributed by atoms with Crippen LogP contribution in [0.25, 0.3) is 0 Å². The Morgan fingerprint density at radius 3 is 2.58 bits per heavy atom. The number of methoxy groups -OCH3 is 1. The first-order valence-corrected chi connectivity index (χ1v) is 7.83. The SMILES string of the molecule is COc1cc(NC(=O)NCC(O)c2ccccc2F)ccc1NC(C)=O. The second-order valence-corrected chi connectivity index (χ2v) is 5.47. The molecule has 1 atom stereocenters. The van der Waals surface area contributed by atoms with Crippen molar-refractivity contribution in [2.75, 3.05) is 24.3 Å². The average molecular weight is 361 g/mol. The minimum absolute atomic E-state index is 0.106. The molecule has 4 N–H and O–H groups in total. The number of ether oxygens (including phenoxy) is 1. The van der Waals surface area contributed by atoms with E-state index in [2.05, 4.69) is 16.0 Å². The molecular formula is C18H20FN3O4. The monoisotopic (exact) mass is 361 g/mol. The fourth-order valence-corrected chi connectivity index (χ4v) is 2.28. The number of hydrogen-bond acceptors (Lipinski definition) is 4. The number of urea groups is 1. The van der Waals surface area contributed by atoms with Gasteiger partial charge in [0.15, 0.2) is 0 Å². The van der Waals surface area contributed by atoms with E-state index in [-0.39, 0.29) is 18.0 Å². The maximum atomic E-state index is 13.6. The summed E-state index contributed by atoms with van der Waals surface area (Å²) >= 11 is 0. The first-order chi connectivity index (χ1) is 12.4. The second kappa shape index (κ2) is 8.82. The summed E-state index contributed by atoms with van der Waals surface area (Å²) in [5, 5.41) is 17.6. The highest BCUT2D eigenvalue weighted by Crippen LogP contribution is 2.27. The molecule has 0 radical (unpaired) electrons. The van der Waals surface area contributed by atoms with Gasteiger partial charge in [-0.15, -0.1) is 0 Å². The molecule has 3 amide bonds. The molecule has 0 heterocycles. The van der Waals surface area contributed by atoms with Crippen molar-refractivity contribution >= 4 is 23.3 Å². The molecule has 7 nitrogen and oxygen atoms in total. The summed E-state index contributed by atoms with van der Waals surface area (Å²) in [6, 6.07) is 9.94. The predicted octanol–water partition coefficient (Wildman–Crippen LogP) is 2.65. The van der Waals surface area contributed by atoms with Gasteiger partial charge < -0.3 is 25.8 Å². The smallest absolute Gasteiger partial charge is 0.319 e. The van der Waals surface area contributed by atoms with Crippen molar-refractivity contribution in [3.05, 3.63) is 53.8 Å². The number of amides is 3. The Balaban J connectivity index is 1.95. The summed E-state index contributed by atoms with van der Waals surface area (Å²) in [5.41, 5.74) is 1.00. The highest BCUT2D eigenvalue weighted by Gasteiger charge is 2.14. The van der Waals surface area contributed by atoms with Gasteiger partial charge in [0.2, 0.25) is 5.91 Å². The van der Waals surface area contributed by atoms with Crippen molar-refractivity contribution in [2.45, 2.75) is 13.0 Å². The number of benzene rings is 2. The lowest BCUT2D eigenvalue weighted by Crippen LogP contribution is -2.32. The van der Waals surface area contributed by atoms with E-state index >= 15 is 0 Å². The quantitative estimate of drug-likeness (QED) is 0.635. The van der Waals surface area contributed by atoms with Gasteiger partial charge in [-0.25, -0.2) is 9.18 Å². The number of rotatable bonds is 6. The van der Waals surface area contributed by atoms with Crippen molar-refractivity contribution in [3.63, 3.8) is 0 Å². The third-order valence-corrected chi connectivity index (χ3v) is 3.49. The maximum absolute atomic E-state index is 13.6. The van der Waals surface area contributed by atoms with Crippen LogP contribution in [0, 0.1) is 5.82 Å². The van der Waals surface area contributed by atoms with Gasteiger partial charge in [0.1, 0.15) is 11.6 Å². The summed E-state index contributed by atoms with van der Waals surface area (Å²) in [7, 11) is 1.44. The molecule has 2 aromatic rings. The highest BCUT2D eigenvalue weighted by atomic mass is 19.1. The minimum atomic E-state index is -1.17. The molecule has 138 valence electrons. The molecule has 8 heteroatoms. The summed E-state index contributed by atoms with van der Waals surface area (Å²) in [6.07, 6.45) is -1.17. The summed E-state index contributed by atoms with van der Waals surface area (Å²) in [6.45, 7) is 1.22. The summed E-state index contributed by atoms with van der Waals surface area (Å²) in [4.78, 5) is 23.1. The number of carbonyl (C=O) groups excluding carboxylic acids is 2. The van der Waals surface area contributed by atoms with Crippen molar-refractivity contribution in [1.29, 1.82) is 0 Å². The van der Waals surface area contributed by atoms with Crippen LogP contribution in [0.2, 0.25) is 0 Å². The first-order valence-electron chi connectivity index (χ1n) is 7.83. The fourth-order valence-electron chi connectivity index (χ4n) is 2.28. The van der Waals surface area contributed by atoms with Crippen LogP contribution < -0.4 is 20.7 Å². The Morgan fingerprint density at radius 1 is 1.19 bits per heavy atom. The van der Waals surface area contributed by atoms with E-state index in [9.17, 15) is 19.1 Å². The van der Waals surface area contributed by atoms with Crippen LogP contribution in [0.1, 0.15) is 18.6 Å². The van der Waals surface area contributed by atoms with E-state index in [4.69, 9.17) is 4.74 Å². The van der Waals surface area contributed by atoms with Gasteiger partial charge in [0.05, 0.1) is 18.9 Å². The van der Waals surface area contributed by atoms with Gasteiger partial charge in [0, 0.05) is 30.8 Å². The molecule has 0 saturated carbocycles. The van der Waals surface area contributed by atoms with Crippen molar-refractivity contribution in [1.82, 2.24) is 5.32 Å². The molecule has 0 aliphatic carbocycles. The molecule has 1 unspecified atom stereocenters. The Labute approximate surface area is 150 Å². The number of aliphatic hydroxyl groups is 1. The van der Waals surface area contributed by atoms with Gasteiger partial charge >= 0.3 is 6.03 Å². The lowest BCUT2D eigenvalue weighted by Gasteiger charge is -2.15. The van der Waals surface area contributed by atoms with Crippen LogP contribution in [0.5, 0.6) is 5.75 Å². The molecule has 0 spiro atoms. The molecule has 0 aliphatic rings.